The molecule has 1 aromatic carbocycles. The molecule has 2 atom stereocenters. The van der Waals surface area contributed by atoms with Crippen LogP contribution in [0.5, 0.6) is 0 Å². The van der Waals surface area contributed by atoms with Crippen LogP contribution in [-0.2, 0) is 6.42 Å². The predicted molar refractivity (Wildman–Crippen MR) is 68.1 cm³/mol. The molecule has 3 rings (SSSR count). The summed E-state index contributed by atoms with van der Waals surface area (Å²) in [6.07, 6.45) is 3.59. The number of anilines is 1. The number of rotatable bonds is 1. The molecule has 2 N–H and O–H groups in total. The Morgan fingerprint density at radius 3 is 3.06 bits per heavy atom. The smallest absolute Gasteiger partial charge is 0.0642 e. The maximum Gasteiger partial charge on any atom is 0.0642 e. The molecule has 3 heteroatoms. The van der Waals surface area contributed by atoms with E-state index in [1.54, 1.807) is 0 Å². The highest BCUT2D eigenvalue weighted by molar-refractivity contribution is 6.33. The van der Waals surface area contributed by atoms with Crippen LogP contribution >= 0.6 is 11.6 Å². The van der Waals surface area contributed by atoms with Gasteiger partial charge >= 0.3 is 0 Å². The molecule has 0 radical (unpaired) electrons. The van der Waals surface area contributed by atoms with E-state index in [0.717, 1.165) is 24.5 Å². The molecule has 2 unspecified atom stereocenters. The first-order valence-corrected chi connectivity index (χ1v) is 6.43. The maximum absolute atomic E-state index is 6.33. The van der Waals surface area contributed by atoms with Crippen LogP contribution in [0.2, 0.25) is 5.02 Å². The highest BCUT2D eigenvalue weighted by Crippen LogP contribution is 2.42. The Morgan fingerprint density at radius 2 is 2.25 bits per heavy atom. The molecule has 2 nitrogen and oxygen atoms in total. The molecule has 0 aliphatic carbocycles. The van der Waals surface area contributed by atoms with E-state index in [1.807, 2.05) is 6.07 Å². The molecule has 16 heavy (non-hydrogen) atoms. The number of halogens is 1. The lowest BCUT2D eigenvalue weighted by Crippen LogP contribution is -2.39. The van der Waals surface area contributed by atoms with Crippen LogP contribution in [0.1, 0.15) is 18.4 Å². The van der Waals surface area contributed by atoms with Crippen molar-refractivity contribution < 1.29 is 0 Å². The van der Waals surface area contributed by atoms with Crippen molar-refractivity contribution in [1.82, 2.24) is 0 Å². The second kappa shape index (κ2) is 3.94. The van der Waals surface area contributed by atoms with E-state index < -0.39 is 0 Å². The van der Waals surface area contributed by atoms with E-state index in [-0.39, 0.29) is 0 Å². The van der Waals surface area contributed by atoms with Gasteiger partial charge in [0.25, 0.3) is 0 Å². The van der Waals surface area contributed by atoms with Gasteiger partial charge in [-0.25, -0.2) is 0 Å². The normalized spacial score (nSPS) is 27.8. The summed E-state index contributed by atoms with van der Waals surface area (Å²) in [6, 6.07) is 6.88. The summed E-state index contributed by atoms with van der Waals surface area (Å²) < 4.78 is 0. The molecule has 86 valence electrons. The minimum atomic E-state index is 0.623. The number of para-hydroxylation sites is 1. The SMILES string of the molecule is NCC1CCN2c3c(Cl)cccc3CCC12. The Balaban J connectivity index is 2.01. The highest BCUT2D eigenvalue weighted by Gasteiger charge is 2.37. The Labute approximate surface area is 101 Å². The van der Waals surface area contributed by atoms with Crippen molar-refractivity contribution >= 4 is 17.3 Å². The summed E-state index contributed by atoms with van der Waals surface area (Å²) in [7, 11) is 0. The van der Waals surface area contributed by atoms with Crippen LogP contribution < -0.4 is 10.6 Å². The molecule has 0 amide bonds. The van der Waals surface area contributed by atoms with Gasteiger partial charge in [0, 0.05) is 12.6 Å². The number of nitrogens with zero attached hydrogens (tertiary/aromatic N) is 1. The van der Waals surface area contributed by atoms with Crippen molar-refractivity contribution in [2.24, 2.45) is 11.7 Å². The standard InChI is InChI=1S/C13H17ClN2/c14-11-3-1-2-9-4-5-12-10(8-15)6-7-16(12)13(9)11/h1-3,10,12H,4-8,15H2. The van der Waals surface area contributed by atoms with Gasteiger partial charge in [0.15, 0.2) is 0 Å². The van der Waals surface area contributed by atoms with Crippen LogP contribution in [0.25, 0.3) is 0 Å². The largest absolute Gasteiger partial charge is 0.367 e. The molecular formula is C13H17ClN2. The average Bonchev–Trinajstić information content (AvgIpc) is 2.72. The predicted octanol–water partition coefficient (Wildman–Crippen LogP) is 2.44. The van der Waals surface area contributed by atoms with Crippen LogP contribution in [0.3, 0.4) is 0 Å². The first-order valence-electron chi connectivity index (χ1n) is 6.05. The third kappa shape index (κ3) is 1.44. The van der Waals surface area contributed by atoms with Crippen LogP contribution in [-0.4, -0.2) is 19.1 Å². The summed E-state index contributed by atoms with van der Waals surface area (Å²) in [4.78, 5) is 2.48. The second-order valence-electron chi connectivity index (χ2n) is 4.83. The summed E-state index contributed by atoms with van der Waals surface area (Å²) in [5, 5.41) is 0.903. The van der Waals surface area contributed by atoms with Crippen molar-refractivity contribution in [2.45, 2.75) is 25.3 Å². The summed E-state index contributed by atoms with van der Waals surface area (Å²) in [5.41, 5.74) is 8.52. The Hall–Kier alpha value is -0.730. The number of aryl methyl sites for hydroxylation is 1. The molecule has 2 heterocycles. The average molecular weight is 237 g/mol. The zero-order chi connectivity index (χ0) is 11.1. The van der Waals surface area contributed by atoms with Crippen LogP contribution in [0.15, 0.2) is 18.2 Å². The van der Waals surface area contributed by atoms with Gasteiger partial charge in [0.1, 0.15) is 0 Å². The lowest BCUT2D eigenvalue weighted by Gasteiger charge is -2.36. The molecule has 2 aliphatic rings. The highest BCUT2D eigenvalue weighted by atomic mass is 35.5. The van der Waals surface area contributed by atoms with Gasteiger partial charge in [0.2, 0.25) is 0 Å². The Kier molecular flexibility index (Phi) is 2.56. The fourth-order valence-electron chi connectivity index (χ4n) is 3.25. The molecular weight excluding hydrogens is 220 g/mol. The van der Waals surface area contributed by atoms with Crippen molar-refractivity contribution in [2.75, 3.05) is 18.0 Å². The number of hydrogen-bond acceptors (Lipinski definition) is 2. The molecule has 1 aromatic rings. The fourth-order valence-corrected chi connectivity index (χ4v) is 3.55. The molecule has 0 bridgehead atoms. The van der Waals surface area contributed by atoms with E-state index >= 15 is 0 Å². The molecule has 1 fully saturated rings. The van der Waals surface area contributed by atoms with E-state index in [4.69, 9.17) is 17.3 Å². The summed E-state index contributed by atoms with van der Waals surface area (Å²) in [6.45, 7) is 1.92. The lowest BCUT2D eigenvalue weighted by atomic mass is 9.90. The first-order chi connectivity index (χ1) is 7.81. The minimum absolute atomic E-state index is 0.623. The quantitative estimate of drug-likeness (QED) is 0.812. The summed E-state index contributed by atoms with van der Waals surface area (Å²) in [5.74, 6) is 0.657. The number of benzene rings is 1. The first kappa shape index (κ1) is 10.4. The van der Waals surface area contributed by atoms with Crippen LogP contribution in [0, 0.1) is 5.92 Å². The zero-order valence-corrected chi connectivity index (χ0v) is 10.1. The van der Waals surface area contributed by atoms with Gasteiger partial charge in [-0.15, -0.1) is 0 Å². The molecule has 0 spiro atoms. The van der Waals surface area contributed by atoms with E-state index in [9.17, 15) is 0 Å². The Bertz CT molecular complexity index is 405. The monoisotopic (exact) mass is 236 g/mol. The van der Waals surface area contributed by atoms with Gasteiger partial charge in [0.05, 0.1) is 10.7 Å². The third-order valence-electron chi connectivity index (χ3n) is 4.06. The van der Waals surface area contributed by atoms with Gasteiger partial charge < -0.3 is 10.6 Å². The van der Waals surface area contributed by atoms with Gasteiger partial charge in [-0.05, 0) is 43.4 Å². The topological polar surface area (TPSA) is 29.3 Å². The van der Waals surface area contributed by atoms with Crippen molar-refractivity contribution in [3.63, 3.8) is 0 Å². The second-order valence-corrected chi connectivity index (χ2v) is 5.24. The van der Waals surface area contributed by atoms with Gasteiger partial charge in [-0.2, -0.15) is 0 Å². The number of hydrogen-bond donors (Lipinski definition) is 1. The van der Waals surface area contributed by atoms with Gasteiger partial charge in [-0.1, -0.05) is 23.7 Å². The van der Waals surface area contributed by atoms with Crippen molar-refractivity contribution in [3.05, 3.63) is 28.8 Å². The van der Waals surface area contributed by atoms with E-state index in [2.05, 4.69) is 17.0 Å². The molecule has 0 aromatic heterocycles. The Morgan fingerprint density at radius 1 is 1.38 bits per heavy atom. The van der Waals surface area contributed by atoms with Gasteiger partial charge in [-0.3, -0.25) is 0 Å². The van der Waals surface area contributed by atoms with Crippen molar-refractivity contribution in [1.29, 1.82) is 0 Å². The molecule has 1 saturated heterocycles. The fraction of sp³-hybridized carbons (Fsp3) is 0.538. The third-order valence-corrected chi connectivity index (χ3v) is 4.36. The maximum atomic E-state index is 6.33. The summed E-state index contributed by atoms with van der Waals surface area (Å²) >= 11 is 6.33. The minimum Gasteiger partial charge on any atom is -0.367 e. The lowest BCUT2D eigenvalue weighted by molar-refractivity contribution is 0.446. The van der Waals surface area contributed by atoms with E-state index in [0.29, 0.717) is 12.0 Å². The number of fused-ring (bicyclic) bond motifs is 3. The van der Waals surface area contributed by atoms with Crippen LogP contribution in [0.4, 0.5) is 5.69 Å². The zero-order valence-electron chi connectivity index (χ0n) is 9.32. The molecule has 0 saturated carbocycles. The molecule has 2 aliphatic heterocycles. The van der Waals surface area contributed by atoms with Crippen molar-refractivity contribution in [3.8, 4) is 0 Å². The van der Waals surface area contributed by atoms with E-state index in [1.165, 1.54) is 24.1 Å². The number of nitrogens with two attached hydrogens (primary N) is 1.